The Hall–Kier alpha value is -2.83. The third-order valence-corrected chi connectivity index (χ3v) is 5.84. The molecule has 168 valence electrons. The van der Waals surface area contributed by atoms with Crippen LogP contribution in [0.4, 0.5) is 5.13 Å². The molecule has 2 aromatic carbocycles. The maximum atomic E-state index is 12.3. The smallest absolute Gasteiger partial charge is 0.250 e. The minimum Gasteiger partial charge on any atom is -0.493 e. The summed E-state index contributed by atoms with van der Waals surface area (Å²) in [7, 11) is 1.61. The van der Waals surface area contributed by atoms with Gasteiger partial charge in [0.25, 0.3) is 0 Å². The van der Waals surface area contributed by atoms with Crippen molar-refractivity contribution in [3.63, 3.8) is 0 Å². The van der Waals surface area contributed by atoms with Gasteiger partial charge in [-0.25, -0.2) is 4.98 Å². The molecule has 0 bridgehead atoms. The molecule has 0 saturated carbocycles. The Balaban J connectivity index is 1.57. The highest BCUT2D eigenvalue weighted by Gasteiger charge is 2.09. The molecule has 0 aliphatic carbocycles. The Morgan fingerprint density at radius 3 is 2.78 bits per heavy atom. The fraction of sp³-hybridized carbons (Fsp3) is 0.280. The molecule has 1 amide bonds. The average Bonchev–Trinajstić information content (AvgIpc) is 3.26. The average molecular weight is 471 g/mol. The molecule has 0 atom stereocenters. The highest BCUT2D eigenvalue weighted by atomic mass is 35.5. The van der Waals surface area contributed by atoms with Gasteiger partial charge in [-0.15, -0.1) is 11.3 Å². The topological polar surface area (TPSA) is 60.5 Å². The van der Waals surface area contributed by atoms with E-state index in [0.29, 0.717) is 28.3 Å². The molecule has 32 heavy (non-hydrogen) atoms. The number of halogens is 1. The first-order chi connectivity index (χ1) is 15.6. The highest BCUT2D eigenvalue weighted by molar-refractivity contribution is 7.14. The first-order valence-corrected chi connectivity index (χ1v) is 11.9. The van der Waals surface area contributed by atoms with Crippen molar-refractivity contribution >= 4 is 40.1 Å². The van der Waals surface area contributed by atoms with Gasteiger partial charge in [0.1, 0.15) is 0 Å². The van der Waals surface area contributed by atoms with Crippen LogP contribution in [0, 0.1) is 0 Å². The quantitative estimate of drug-likeness (QED) is 0.240. The van der Waals surface area contributed by atoms with E-state index in [2.05, 4.69) is 17.2 Å². The molecule has 3 aromatic rings. The standard InChI is InChI=1S/C25H27ClN2O3S/c1-3-4-5-8-15-31-22-13-11-18(16-23(22)30-2)12-14-24(29)28-25-27-21(17-32-25)19-9-6-7-10-20(19)26/h6-7,9-14,16-17H,3-5,8,15H2,1-2H3,(H,27,28,29). The number of hydrogen-bond acceptors (Lipinski definition) is 5. The van der Waals surface area contributed by atoms with Crippen LogP contribution < -0.4 is 14.8 Å². The Morgan fingerprint density at radius 1 is 1.16 bits per heavy atom. The van der Waals surface area contributed by atoms with Crippen LogP contribution in [0.1, 0.15) is 38.2 Å². The van der Waals surface area contributed by atoms with Gasteiger partial charge in [-0.05, 0) is 36.3 Å². The van der Waals surface area contributed by atoms with Crippen molar-refractivity contribution < 1.29 is 14.3 Å². The van der Waals surface area contributed by atoms with E-state index >= 15 is 0 Å². The van der Waals surface area contributed by atoms with Crippen molar-refractivity contribution in [2.24, 2.45) is 0 Å². The second-order valence-corrected chi connectivity index (χ2v) is 8.43. The lowest BCUT2D eigenvalue weighted by Gasteiger charge is -2.11. The summed E-state index contributed by atoms with van der Waals surface area (Å²) in [6, 6.07) is 13.1. The molecule has 1 N–H and O–H groups in total. The monoisotopic (exact) mass is 470 g/mol. The van der Waals surface area contributed by atoms with Crippen LogP contribution in [0.15, 0.2) is 53.9 Å². The Bertz CT molecular complexity index is 1060. The Kier molecular flexibility index (Phi) is 9.13. The number of carbonyl (C=O) groups is 1. The molecule has 0 radical (unpaired) electrons. The lowest BCUT2D eigenvalue weighted by molar-refractivity contribution is -0.111. The van der Waals surface area contributed by atoms with Crippen molar-refractivity contribution in [1.29, 1.82) is 0 Å². The number of carbonyl (C=O) groups excluding carboxylic acids is 1. The number of nitrogens with zero attached hydrogens (tertiary/aromatic N) is 1. The van der Waals surface area contributed by atoms with E-state index in [4.69, 9.17) is 21.1 Å². The third-order valence-electron chi connectivity index (χ3n) is 4.75. The summed E-state index contributed by atoms with van der Waals surface area (Å²) in [5.74, 6) is 1.09. The summed E-state index contributed by atoms with van der Waals surface area (Å²) >= 11 is 7.57. The number of rotatable bonds is 11. The molecule has 3 rings (SSSR count). The van der Waals surface area contributed by atoms with Crippen LogP contribution in [0.3, 0.4) is 0 Å². The number of ether oxygens (including phenoxy) is 2. The van der Waals surface area contributed by atoms with Gasteiger partial charge in [-0.1, -0.05) is 62.1 Å². The molecular weight excluding hydrogens is 444 g/mol. The van der Waals surface area contributed by atoms with Crippen LogP contribution in [0.5, 0.6) is 11.5 Å². The molecule has 0 saturated heterocycles. The molecule has 0 spiro atoms. The van der Waals surface area contributed by atoms with Gasteiger partial charge >= 0.3 is 0 Å². The predicted octanol–water partition coefficient (Wildman–Crippen LogP) is 7.08. The van der Waals surface area contributed by atoms with Crippen LogP contribution >= 0.6 is 22.9 Å². The molecule has 1 heterocycles. The number of hydrogen-bond donors (Lipinski definition) is 1. The Labute approximate surface area is 198 Å². The maximum Gasteiger partial charge on any atom is 0.250 e. The van der Waals surface area contributed by atoms with Gasteiger partial charge < -0.3 is 9.47 Å². The number of unbranched alkanes of at least 4 members (excludes halogenated alkanes) is 3. The van der Waals surface area contributed by atoms with Crippen molar-refractivity contribution in [1.82, 2.24) is 4.98 Å². The van der Waals surface area contributed by atoms with Crippen LogP contribution in [0.2, 0.25) is 5.02 Å². The molecule has 0 aliphatic heterocycles. The van der Waals surface area contributed by atoms with E-state index in [9.17, 15) is 4.79 Å². The van der Waals surface area contributed by atoms with Gasteiger partial charge in [-0.3, -0.25) is 10.1 Å². The third kappa shape index (κ3) is 6.84. The maximum absolute atomic E-state index is 12.3. The second-order valence-electron chi connectivity index (χ2n) is 7.16. The second kappa shape index (κ2) is 12.3. The molecule has 0 fully saturated rings. The van der Waals surface area contributed by atoms with E-state index in [0.717, 1.165) is 29.7 Å². The normalized spacial score (nSPS) is 11.0. The number of methoxy groups -OCH3 is 1. The number of thiazole rings is 1. The molecule has 0 aliphatic rings. The minimum absolute atomic E-state index is 0.264. The zero-order valence-corrected chi connectivity index (χ0v) is 19.8. The zero-order chi connectivity index (χ0) is 22.8. The Morgan fingerprint density at radius 2 is 2.00 bits per heavy atom. The number of benzene rings is 2. The summed E-state index contributed by atoms with van der Waals surface area (Å²) < 4.78 is 11.3. The minimum atomic E-state index is -0.264. The summed E-state index contributed by atoms with van der Waals surface area (Å²) in [6.45, 7) is 2.85. The van der Waals surface area contributed by atoms with E-state index in [1.165, 1.54) is 30.3 Å². The van der Waals surface area contributed by atoms with Gasteiger partial charge in [0.2, 0.25) is 5.91 Å². The van der Waals surface area contributed by atoms with Crippen LogP contribution in [0.25, 0.3) is 17.3 Å². The fourth-order valence-corrected chi connectivity index (χ4v) is 4.01. The van der Waals surface area contributed by atoms with Crippen molar-refractivity contribution in [2.45, 2.75) is 32.6 Å². The van der Waals surface area contributed by atoms with Gasteiger partial charge in [0.15, 0.2) is 16.6 Å². The van der Waals surface area contributed by atoms with E-state index in [1.54, 1.807) is 13.2 Å². The van der Waals surface area contributed by atoms with Crippen molar-refractivity contribution in [3.05, 3.63) is 64.5 Å². The SMILES string of the molecule is CCCCCCOc1ccc(C=CC(=O)Nc2nc(-c3ccccc3Cl)cs2)cc1OC. The number of aromatic nitrogens is 1. The van der Waals surface area contributed by atoms with E-state index in [1.807, 2.05) is 47.8 Å². The lowest BCUT2D eigenvalue weighted by Crippen LogP contribution is -2.07. The van der Waals surface area contributed by atoms with Crippen molar-refractivity contribution in [3.8, 4) is 22.8 Å². The fourth-order valence-electron chi connectivity index (χ4n) is 3.06. The number of nitrogens with one attached hydrogen (secondary N) is 1. The van der Waals surface area contributed by atoms with Crippen LogP contribution in [-0.4, -0.2) is 24.6 Å². The highest BCUT2D eigenvalue weighted by Crippen LogP contribution is 2.31. The van der Waals surface area contributed by atoms with E-state index in [-0.39, 0.29) is 5.91 Å². The van der Waals surface area contributed by atoms with Gasteiger partial charge in [0.05, 0.1) is 19.4 Å². The number of amides is 1. The predicted molar refractivity (Wildman–Crippen MR) is 133 cm³/mol. The summed E-state index contributed by atoms with van der Waals surface area (Å²) in [5, 5.41) is 5.79. The lowest BCUT2D eigenvalue weighted by atomic mass is 10.2. The van der Waals surface area contributed by atoms with Gasteiger partial charge in [0, 0.05) is 22.0 Å². The number of anilines is 1. The molecule has 5 nitrogen and oxygen atoms in total. The largest absolute Gasteiger partial charge is 0.493 e. The first-order valence-electron chi connectivity index (χ1n) is 10.6. The molecule has 7 heteroatoms. The molecular formula is C25H27ClN2O3S. The summed E-state index contributed by atoms with van der Waals surface area (Å²) in [4.78, 5) is 16.8. The van der Waals surface area contributed by atoms with E-state index < -0.39 is 0 Å². The molecule has 0 unspecified atom stereocenters. The first kappa shape index (κ1) is 23.8. The van der Waals surface area contributed by atoms with Crippen LogP contribution in [-0.2, 0) is 4.79 Å². The summed E-state index contributed by atoms with van der Waals surface area (Å²) in [6.07, 6.45) is 7.79. The zero-order valence-electron chi connectivity index (χ0n) is 18.3. The molecule has 1 aromatic heterocycles. The van der Waals surface area contributed by atoms with Gasteiger partial charge in [-0.2, -0.15) is 0 Å². The summed E-state index contributed by atoms with van der Waals surface area (Å²) in [5.41, 5.74) is 2.40. The van der Waals surface area contributed by atoms with Crippen molar-refractivity contribution in [2.75, 3.05) is 19.0 Å².